The molecular weight excluding hydrogens is 228 g/mol. The highest BCUT2D eigenvalue weighted by Gasteiger charge is 2.17. The molecule has 1 fully saturated rings. The van der Waals surface area contributed by atoms with Crippen molar-refractivity contribution in [3.63, 3.8) is 0 Å². The Labute approximate surface area is 109 Å². The van der Waals surface area contributed by atoms with Gasteiger partial charge in [-0.3, -0.25) is 4.90 Å². The van der Waals surface area contributed by atoms with Crippen LogP contribution < -0.4 is 0 Å². The molecule has 2 heterocycles. The Morgan fingerprint density at radius 3 is 2.35 bits per heavy atom. The summed E-state index contributed by atoms with van der Waals surface area (Å²) < 4.78 is 0. The maximum absolute atomic E-state index is 2.60. The van der Waals surface area contributed by atoms with E-state index >= 15 is 0 Å². The average Bonchev–Trinajstić information content (AvgIpc) is 2.71. The van der Waals surface area contributed by atoms with Crippen molar-refractivity contribution in [2.24, 2.45) is 0 Å². The normalized spacial score (nSPS) is 18.8. The molecule has 3 heteroatoms. The number of piperazine rings is 1. The minimum atomic E-state index is 1.16. The van der Waals surface area contributed by atoms with Crippen molar-refractivity contribution in [2.75, 3.05) is 32.7 Å². The van der Waals surface area contributed by atoms with Gasteiger partial charge >= 0.3 is 0 Å². The fraction of sp³-hybridized carbons (Fsp3) is 0.714. The van der Waals surface area contributed by atoms with Gasteiger partial charge in [0, 0.05) is 37.6 Å². The molecule has 0 aromatic carbocycles. The zero-order valence-corrected chi connectivity index (χ0v) is 12.1. The Bertz CT molecular complexity index is 351. The first-order valence-electron chi connectivity index (χ1n) is 6.75. The van der Waals surface area contributed by atoms with Crippen molar-refractivity contribution in [1.29, 1.82) is 0 Å². The van der Waals surface area contributed by atoms with Crippen molar-refractivity contribution in [3.8, 4) is 0 Å². The molecule has 17 heavy (non-hydrogen) atoms. The van der Waals surface area contributed by atoms with Gasteiger partial charge in [0.2, 0.25) is 0 Å². The maximum Gasteiger partial charge on any atom is 0.0245 e. The van der Waals surface area contributed by atoms with Crippen molar-refractivity contribution >= 4 is 11.3 Å². The van der Waals surface area contributed by atoms with Gasteiger partial charge in [0.25, 0.3) is 0 Å². The van der Waals surface area contributed by atoms with Crippen LogP contribution in [0.5, 0.6) is 0 Å². The fourth-order valence-electron chi connectivity index (χ4n) is 2.64. The van der Waals surface area contributed by atoms with Crippen molar-refractivity contribution in [2.45, 2.75) is 33.7 Å². The molecule has 0 radical (unpaired) electrons. The molecule has 1 aromatic rings. The van der Waals surface area contributed by atoms with E-state index in [2.05, 4.69) is 36.0 Å². The fourth-order valence-corrected chi connectivity index (χ4v) is 3.59. The van der Waals surface area contributed by atoms with Crippen LogP contribution in [0, 0.1) is 6.92 Å². The quantitative estimate of drug-likeness (QED) is 0.813. The molecule has 1 aliphatic heterocycles. The standard InChI is InChI=1S/C14H24N2S/c1-4-14-12(3)17-11-13(14)10-16-8-6-15(5-2)7-9-16/h11H,4-10H2,1-3H3. The lowest BCUT2D eigenvalue weighted by Gasteiger charge is -2.34. The first-order chi connectivity index (χ1) is 8.24. The van der Waals surface area contributed by atoms with Crippen molar-refractivity contribution < 1.29 is 0 Å². The van der Waals surface area contributed by atoms with E-state index in [9.17, 15) is 0 Å². The van der Waals surface area contributed by atoms with Crippen molar-refractivity contribution in [3.05, 3.63) is 21.4 Å². The molecule has 0 amide bonds. The first kappa shape index (κ1) is 13.1. The van der Waals surface area contributed by atoms with Gasteiger partial charge in [-0.25, -0.2) is 0 Å². The Kier molecular flexibility index (Phi) is 4.60. The molecule has 96 valence electrons. The van der Waals surface area contributed by atoms with Crippen LogP contribution in [-0.4, -0.2) is 42.5 Å². The summed E-state index contributed by atoms with van der Waals surface area (Å²) in [5, 5.41) is 2.36. The number of hydrogen-bond donors (Lipinski definition) is 0. The smallest absolute Gasteiger partial charge is 0.0245 e. The zero-order chi connectivity index (χ0) is 12.3. The largest absolute Gasteiger partial charge is 0.301 e. The molecular formula is C14H24N2S. The molecule has 1 aliphatic rings. The third kappa shape index (κ3) is 3.09. The van der Waals surface area contributed by atoms with Crippen molar-refractivity contribution in [1.82, 2.24) is 9.80 Å². The zero-order valence-electron chi connectivity index (χ0n) is 11.3. The van der Waals surface area contributed by atoms with Gasteiger partial charge < -0.3 is 4.90 Å². The second-order valence-corrected chi connectivity index (χ2v) is 5.94. The van der Waals surface area contributed by atoms with Gasteiger partial charge in [-0.05, 0) is 36.4 Å². The lowest BCUT2D eigenvalue weighted by Crippen LogP contribution is -2.45. The third-order valence-electron chi connectivity index (χ3n) is 3.85. The van der Waals surface area contributed by atoms with E-state index in [1.165, 1.54) is 44.0 Å². The SMILES string of the molecule is CCc1c(CN2CCN(CC)CC2)csc1C. The van der Waals surface area contributed by atoms with Gasteiger partial charge in [-0.15, -0.1) is 11.3 Å². The Balaban J connectivity index is 1.93. The number of rotatable bonds is 4. The molecule has 0 atom stereocenters. The lowest BCUT2D eigenvalue weighted by molar-refractivity contribution is 0.132. The molecule has 2 rings (SSSR count). The highest BCUT2D eigenvalue weighted by atomic mass is 32.1. The van der Waals surface area contributed by atoms with E-state index in [-0.39, 0.29) is 0 Å². The second kappa shape index (κ2) is 5.98. The van der Waals surface area contributed by atoms with Crippen LogP contribution in [0.2, 0.25) is 0 Å². The number of aryl methyl sites for hydroxylation is 1. The van der Waals surface area contributed by atoms with Crippen LogP contribution >= 0.6 is 11.3 Å². The number of thiophene rings is 1. The number of hydrogen-bond acceptors (Lipinski definition) is 3. The van der Waals surface area contributed by atoms with Crippen LogP contribution in [0.4, 0.5) is 0 Å². The molecule has 0 bridgehead atoms. The summed E-state index contributed by atoms with van der Waals surface area (Å²) in [6.07, 6.45) is 1.18. The van der Waals surface area contributed by atoms with Crippen LogP contribution in [0.15, 0.2) is 5.38 Å². The molecule has 0 spiro atoms. The molecule has 0 unspecified atom stereocenters. The van der Waals surface area contributed by atoms with Gasteiger partial charge in [-0.2, -0.15) is 0 Å². The monoisotopic (exact) mass is 252 g/mol. The van der Waals surface area contributed by atoms with E-state index in [1.54, 1.807) is 11.1 Å². The first-order valence-corrected chi connectivity index (χ1v) is 7.63. The molecule has 0 saturated carbocycles. The van der Waals surface area contributed by atoms with Gasteiger partial charge in [-0.1, -0.05) is 13.8 Å². The van der Waals surface area contributed by atoms with Gasteiger partial charge in [0.05, 0.1) is 0 Å². The summed E-state index contributed by atoms with van der Waals surface area (Å²) in [5.41, 5.74) is 3.16. The van der Waals surface area contributed by atoms with E-state index in [4.69, 9.17) is 0 Å². The Morgan fingerprint density at radius 1 is 1.12 bits per heavy atom. The summed E-state index contributed by atoms with van der Waals surface area (Å²) in [7, 11) is 0. The predicted octanol–water partition coefficient (Wildman–Crippen LogP) is 2.76. The molecule has 0 N–H and O–H groups in total. The molecule has 2 nitrogen and oxygen atoms in total. The van der Waals surface area contributed by atoms with Gasteiger partial charge in [0.15, 0.2) is 0 Å². The minimum absolute atomic E-state index is 1.16. The lowest BCUT2D eigenvalue weighted by atomic mass is 10.1. The van der Waals surface area contributed by atoms with Crippen LogP contribution in [0.1, 0.15) is 29.9 Å². The number of nitrogens with zero attached hydrogens (tertiary/aromatic N) is 2. The van der Waals surface area contributed by atoms with E-state index < -0.39 is 0 Å². The van der Waals surface area contributed by atoms with E-state index in [0.29, 0.717) is 0 Å². The molecule has 1 aromatic heterocycles. The maximum atomic E-state index is 2.60. The minimum Gasteiger partial charge on any atom is -0.301 e. The average molecular weight is 252 g/mol. The van der Waals surface area contributed by atoms with Crippen LogP contribution in [-0.2, 0) is 13.0 Å². The topological polar surface area (TPSA) is 6.48 Å². The highest BCUT2D eigenvalue weighted by Crippen LogP contribution is 2.24. The van der Waals surface area contributed by atoms with Crippen LogP contribution in [0.25, 0.3) is 0 Å². The predicted molar refractivity (Wildman–Crippen MR) is 75.8 cm³/mol. The molecule has 0 aliphatic carbocycles. The van der Waals surface area contributed by atoms with Crippen LogP contribution in [0.3, 0.4) is 0 Å². The van der Waals surface area contributed by atoms with Gasteiger partial charge in [0.1, 0.15) is 0 Å². The summed E-state index contributed by atoms with van der Waals surface area (Å²) in [6.45, 7) is 14.1. The van der Waals surface area contributed by atoms with E-state index in [1.807, 2.05) is 11.3 Å². The summed E-state index contributed by atoms with van der Waals surface area (Å²) >= 11 is 1.91. The van der Waals surface area contributed by atoms with E-state index in [0.717, 1.165) is 6.54 Å². The third-order valence-corrected chi connectivity index (χ3v) is 4.85. The Morgan fingerprint density at radius 2 is 1.76 bits per heavy atom. The second-order valence-electron chi connectivity index (χ2n) is 4.86. The highest BCUT2D eigenvalue weighted by molar-refractivity contribution is 7.10. The summed E-state index contributed by atoms with van der Waals surface area (Å²) in [5.74, 6) is 0. The Hall–Kier alpha value is -0.380. The summed E-state index contributed by atoms with van der Waals surface area (Å²) in [6, 6.07) is 0. The summed E-state index contributed by atoms with van der Waals surface area (Å²) in [4.78, 5) is 6.65. The number of likely N-dealkylation sites (N-methyl/N-ethyl adjacent to an activating group) is 1. The molecule has 1 saturated heterocycles.